The number of anilines is 1. The quantitative estimate of drug-likeness (QED) is 0.133. The van der Waals surface area contributed by atoms with Crippen molar-refractivity contribution in [2.24, 2.45) is 17.6 Å². The number of nitrogens with zero attached hydrogens (tertiary/aromatic N) is 7. The molecule has 10 rings (SSSR count). The SMILES string of the molecule is C.Cc1noc(C)c1-c1cnc2[nH]c(=O)n(CC3CCCC3)c2c1.Cc1noc(C)c1-c1cnc2nc(NC3CCOCC3)n(CC3CCCC3)c2c1.NC1CCOCC1. The Bertz CT molecular complexity index is 2330. The molecule has 2 saturated carbocycles. The van der Waals surface area contributed by atoms with E-state index in [2.05, 4.69) is 36.2 Å². The van der Waals surface area contributed by atoms with Crippen LogP contribution in [-0.4, -0.2) is 77.9 Å². The van der Waals surface area contributed by atoms with Crippen molar-refractivity contribution >= 4 is 28.3 Å². The molecule has 0 unspecified atom stereocenters. The highest BCUT2D eigenvalue weighted by Crippen LogP contribution is 2.34. The van der Waals surface area contributed by atoms with Gasteiger partial charge in [0.2, 0.25) is 5.95 Å². The van der Waals surface area contributed by atoms with Crippen LogP contribution in [0.4, 0.5) is 5.95 Å². The second-order valence-corrected chi connectivity index (χ2v) is 16.9. The maximum Gasteiger partial charge on any atom is 0.327 e. The van der Waals surface area contributed by atoms with E-state index in [1.807, 2.05) is 44.5 Å². The van der Waals surface area contributed by atoms with Crippen LogP contribution in [0.2, 0.25) is 0 Å². The molecule has 0 atom stereocenters. The normalized spacial score (nSPS) is 18.0. The van der Waals surface area contributed by atoms with Crippen molar-refractivity contribution < 1.29 is 18.5 Å². The van der Waals surface area contributed by atoms with E-state index >= 15 is 0 Å². The molecule has 0 amide bonds. The topological polar surface area (TPSA) is 190 Å². The van der Waals surface area contributed by atoms with Crippen molar-refractivity contribution in [2.75, 3.05) is 31.7 Å². The minimum absolute atomic E-state index is 0. The minimum atomic E-state index is -0.0738. The van der Waals surface area contributed by atoms with Gasteiger partial charge in [-0.05, 0) is 103 Å². The molecule has 60 heavy (non-hydrogen) atoms. The Labute approximate surface area is 352 Å². The molecule has 0 aromatic carbocycles. The van der Waals surface area contributed by atoms with Crippen LogP contribution in [0.5, 0.6) is 0 Å². The maximum absolute atomic E-state index is 12.3. The molecule has 6 aromatic rings. The Morgan fingerprint density at radius 3 is 1.75 bits per heavy atom. The standard InChI is InChI=1S/C22H29N5O2.C17H20N4O2.C5H11NO.CH4/c1-14-20(15(2)29-26-14)17-11-19-21(23-12-17)25-22(24-18-7-9-28-10-8-18)27(19)13-16-5-3-4-6-16;1-10-15(11(2)23-20-10)13-7-14-16(18-8-13)19-17(22)21(14)9-12-5-3-4-6-12;6-5-1-3-7-4-2-5;/h11-12,16,18H,3-10,13H2,1-2H3,(H,23,24,25);7-8,12H,3-6,9H2,1-2H3,(H,18,19,22);5H,1-4,6H2;1H4. The van der Waals surface area contributed by atoms with Gasteiger partial charge in [0.25, 0.3) is 0 Å². The third kappa shape index (κ3) is 9.84. The summed E-state index contributed by atoms with van der Waals surface area (Å²) in [5, 5.41) is 11.8. The summed E-state index contributed by atoms with van der Waals surface area (Å²) in [4.78, 5) is 29.2. The van der Waals surface area contributed by atoms with Crippen LogP contribution in [0.3, 0.4) is 0 Å². The molecule has 6 aromatic heterocycles. The highest BCUT2D eigenvalue weighted by atomic mass is 16.5. The number of rotatable bonds is 8. The lowest BCUT2D eigenvalue weighted by atomic mass is 10.1. The van der Waals surface area contributed by atoms with Crippen LogP contribution < -0.4 is 16.7 Å². The van der Waals surface area contributed by atoms with Gasteiger partial charge in [0.05, 0.1) is 22.4 Å². The summed E-state index contributed by atoms with van der Waals surface area (Å²) in [5.41, 5.74) is 14.6. The second-order valence-electron chi connectivity index (χ2n) is 16.9. The van der Waals surface area contributed by atoms with Crippen LogP contribution >= 0.6 is 0 Å². The lowest BCUT2D eigenvalue weighted by Crippen LogP contribution is -2.29. The largest absolute Gasteiger partial charge is 0.381 e. The zero-order valence-corrected chi connectivity index (χ0v) is 35.1. The molecule has 15 heteroatoms. The number of nitrogens with one attached hydrogen (secondary N) is 2. The van der Waals surface area contributed by atoms with Gasteiger partial charge in [0.1, 0.15) is 11.5 Å². The van der Waals surface area contributed by atoms with Crippen molar-refractivity contribution in [2.45, 2.75) is 137 Å². The summed E-state index contributed by atoms with van der Waals surface area (Å²) >= 11 is 0. The lowest BCUT2D eigenvalue weighted by Gasteiger charge is -2.24. The van der Waals surface area contributed by atoms with Crippen molar-refractivity contribution in [3.8, 4) is 22.3 Å². The number of pyridine rings is 2. The first-order chi connectivity index (χ1) is 28.7. The van der Waals surface area contributed by atoms with Crippen molar-refractivity contribution in [1.29, 1.82) is 0 Å². The number of aryl methyl sites for hydroxylation is 4. The summed E-state index contributed by atoms with van der Waals surface area (Å²) in [6.45, 7) is 12.9. The highest BCUT2D eigenvalue weighted by molar-refractivity contribution is 5.82. The number of fused-ring (bicyclic) bond motifs is 2. The smallest absolute Gasteiger partial charge is 0.327 e. The minimum Gasteiger partial charge on any atom is -0.381 e. The monoisotopic (exact) mass is 825 g/mol. The van der Waals surface area contributed by atoms with E-state index in [-0.39, 0.29) is 13.1 Å². The van der Waals surface area contributed by atoms with Crippen LogP contribution in [-0.2, 0) is 22.6 Å². The number of aromatic nitrogens is 8. The molecule has 324 valence electrons. The van der Waals surface area contributed by atoms with E-state index in [1.165, 1.54) is 51.4 Å². The lowest BCUT2D eigenvalue weighted by molar-refractivity contribution is 0.0866. The van der Waals surface area contributed by atoms with Gasteiger partial charge >= 0.3 is 5.69 Å². The van der Waals surface area contributed by atoms with E-state index in [0.29, 0.717) is 29.6 Å². The van der Waals surface area contributed by atoms with Gasteiger partial charge in [0.15, 0.2) is 11.3 Å². The number of hydrogen-bond acceptors (Lipinski definition) is 12. The van der Waals surface area contributed by atoms with Crippen molar-refractivity contribution in [3.05, 3.63) is 57.9 Å². The third-order valence-corrected chi connectivity index (χ3v) is 12.5. The number of aromatic amines is 1. The Balaban J connectivity index is 0.000000157. The van der Waals surface area contributed by atoms with Gasteiger partial charge in [-0.15, -0.1) is 0 Å². The molecule has 2 aliphatic heterocycles. The Morgan fingerprint density at radius 2 is 1.23 bits per heavy atom. The number of ether oxygens (including phenoxy) is 2. The van der Waals surface area contributed by atoms with E-state index in [0.717, 1.165) is 133 Å². The number of imidazole rings is 2. The number of nitrogens with two attached hydrogens (primary N) is 1. The van der Waals surface area contributed by atoms with E-state index in [4.69, 9.17) is 34.2 Å². The molecule has 2 aliphatic carbocycles. The van der Waals surface area contributed by atoms with Crippen molar-refractivity contribution in [3.63, 3.8) is 0 Å². The predicted octanol–water partition coefficient (Wildman–Crippen LogP) is 8.43. The van der Waals surface area contributed by atoms with Crippen molar-refractivity contribution in [1.82, 2.24) is 39.4 Å². The molecule has 4 N–H and O–H groups in total. The van der Waals surface area contributed by atoms with Crippen LogP contribution in [0.25, 0.3) is 44.6 Å². The van der Waals surface area contributed by atoms with E-state index < -0.39 is 0 Å². The average Bonchev–Trinajstić information content (AvgIpc) is 4.12. The summed E-state index contributed by atoms with van der Waals surface area (Å²) < 4.78 is 25.4. The van der Waals surface area contributed by atoms with Gasteiger partial charge in [0, 0.05) is 86.2 Å². The fourth-order valence-corrected chi connectivity index (χ4v) is 9.22. The number of H-pyrrole nitrogens is 1. The van der Waals surface area contributed by atoms with Gasteiger partial charge < -0.3 is 34.1 Å². The average molecular weight is 825 g/mol. The van der Waals surface area contributed by atoms with Gasteiger partial charge in [-0.2, -0.15) is 4.98 Å². The van der Waals surface area contributed by atoms with E-state index in [9.17, 15) is 4.79 Å². The zero-order valence-electron chi connectivity index (χ0n) is 35.1. The maximum atomic E-state index is 12.3. The predicted molar refractivity (Wildman–Crippen MR) is 234 cm³/mol. The van der Waals surface area contributed by atoms with Gasteiger partial charge in [-0.25, -0.2) is 14.8 Å². The fourth-order valence-electron chi connectivity index (χ4n) is 9.22. The fraction of sp³-hybridized carbons (Fsp3) is 0.600. The molecule has 2 saturated heterocycles. The van der Waals surface area contributed by atoms with Crippen LogP contribution in [0.15, 0.2) is 38.4 Å². The third-order valence-electron chi connectivity index (χ3n) is 12.5. The Hall–Kier alpha value is -4.86. The molecule has 8 heterocycles. The van der Waals surface area contributed by atoms with E-state index in [1.54, 1.807) is 6.20 Å². The molecule has 0 radical (unpaired) electrons. The zero-order chi connectivity index (χ0) is 40.9. The first-order valence-corrected chi connectivity index (χ1v) is 21.7. The summed E-state index contributed by atoms with van der Waals surface area (Å²) in [7, 11) is 0. The van der Waals surface area contributed by atoms with Gasteiger partial charge in [-0.1, -0.05) is 43.4 Å². The van der Waals surface area contributed by atoms with Crippen LogP contribution in [0, 0.1) is 39.5 Å². The van der Waals surface area contributed by atoms with Crippen LogP contribution in [0.1, 0.15) is 107 Å². The summed E-state index contributed by atoms with van der Waals surface area (Å²) in [5.74, 6) is 3.84. The van der Waals surface area contributed by atoms with Gasteiger partial charge in [-0.3, -0.25) is 9.55 Å². The summed E-state index contributed by atoms with van der Waals surface area (Å²) in [6, 6.07) is 5.03. The molecule has 0 bridgehead atoms. The molecule has 15 nitrogen and oxygen atoms in total. The Kier molecular flexibility index (Phi) is 14.2. The molecule has 0 spiro atoms. The number of hydrogen-bond donors (Lipinski definition) is 3. The first-order valence-electron chi connectivity index (χ1n) is 21.7. The summed E-state index contributed by atoms with van der Waals surface area (Å²) in [6.07, 6.45) is 18.0. The highest BCUT2D eigenvalue weighted by Gasteiger charge is 2.24. The molecule has 4 aliphatic rings. The Morgan fingerprint density at radius 1 is 0.717 bits per heavy atom. The molecular weight excluding hydrogens is 761 g/mol. The molecular formula is C45H64N10O5. The molecule has 4 fully saturated rings. The first kappa shape index (κ1) is 43.2. The second kappa shape index (κ2) is 19.7.